The van der Waals surface area contributed by atoms with Crippen LogP contribution in [0, 0.1) is 11.3 Å². The maximum absolute atomic E-state index is 6.15. The highest BCUT2D eigenvalue weighted by atomic mass is 14.6. The van der Waals surface area contributed by atoms with Crippen LogP contribution in [-0.2, 0) is 0 Å². The Labute approximate surface area is 128 Å². The first kappa shape index (κ1) is 18.0. The number of hydrogen-bond donors (Lipinski definition) is 1. The molecule has 0 amide bonds. The second-order valence-electron chi connectivity index (χ2n) is 7.31. The molecule has 0 unspecified atom stereocenters. The molecule has 0 aromatic carbocycles. The van der Waals surface area contributed by atoms with Crippen molar-refractivity contribution >= 4 is 0 Å². The van der Waals surface area contributed by atoms with Gasteiger partial charge in [-0.05, 0) is 50.0 Å². The fourth-order valence-electron chi connectivity index (χ4n) is 3.91. The van der Waals surface area contributed by atoms with Gasteiger partial charge in [-0.2, -0.15) is 0 Å². The summed E-state index contributed by atoms with van der Waals surface area (Å²) in [5.41, 5.74) is 6.67. The van der Waals surface area contributed by atoms with Crippen LogP contribution in [0.5, 0.6) is 0 Å². The lowest BCUT2D eigenvalue weighted by atomic mass is 9.67. The molecule has 120 valence electrons. The molecule has 0 atom stereocenters. The summed E-state index contributed by atoms with van der Waals surface area (Å²) in [6, 6.07) is 0. The van der Waals surface area contributed by atoms with Crippen LogP contribution in [0.15, 0.2) is 0 Å². The Morgan fingerprint density at radius 1 is 0.850 bits per heavy atom. The molecule has 1 fully saturated rings. The third-order valence-electron chi connectivity index (χ3n) is 5.63. The van der Waals surface area contributed by atoms with E-state index < -0.39 is 0 Å². The van der Waals surface area contributed by atoms with Crippen molar-refractivity contribution in [1.29, 1.82) is 0 Å². The summed E-state index contributed by atoms with van der Waals surface area (Å²) < 4.78 is 0. The molecule has 0 saturated heterocycles. The van der Waals surface area contributed by atoms with E-state index in [1.807, 2.05) is 0 Å². The quantitative estimate of drug-likeness (QED) is 0.457. The standard InChI is InChI=1S/C19H39N/c1-3-5-7-8-9-10-14-19(17-20)15-12-18(13-16-19)11-6-4-2/h18H,3-17,20H2,1-2H3. The van der Waals surface area contributed by atoms with Crippen molar-refractivity contribution < 1.29 is 0 Å². The van der Waals surface area contributed by atoms with Crippen molar-refractivity contribution in [2.75, 3.05) is 6.54 Å². The molecule has 1 nitrogen and oxygen atoms in total. The molecule has 0 heterocycles. The van der Waals surface area contributed by atoms with E-state index in [1.165, 1.54) is 89.9 Å². The van der Waals surface area contributed by atoms with Gasteiger partial charge in [0.2, 0.25) is 0 Å². The molecule has 1 saturated carbocycles. The van der Waals surface area contributed by atoms with Crippen molar-refractivity contribution in [3.63, 3.8) is 0 Å². The summed E-state index contributed by atoms with van der Waals surface area (Å²) in [7, 11) is 0. The van der Waals surface area contributed by atoms with Gasteiger partial charge < -0.3 is 5.73 Å². The van der Waals surface area contributed by atoms with Crippen LogP contribution in [-0.4, -0.2) is 6.54 Å². The molecule has 0 aliphatic heterocycles. The first-order chi connectivity index (χ1) is 9.76. The van der Waals surface area contributed by atoms with Gasteiger partial charge in [0.05, 0.1) is 0 Å². The smallest absolute Gasteiger partial charge is 0.00205 e. The predicted octanol–water partition coefficient (Wildman–Crippen LogP) is 6.06. The van der Waals surface area contributed by atoms with Crippen molar-refractivity contribution in [2.45, 2.75) is 104 Å². The third-order valence-corrected chi connectivity index (χ3v) is 5.63. The molecule has 0 spiro atoms. The molecular formula is C19H39N. The molecule has 0 aromatic heterocycles. The van der Waals surface area contributed by atoms with Gasteiger partial charge >= 0.3 is 0 Å². The van der Waals surface area contributed by atoms with Crippen molar-refractivity contribution in [1.82, 2.24) is 0 Å². The molecule has 0 aromatic rings. The Hall–Kier alpha value is -0.0400. The fourth-order valence-corrected chi connectivity index (χ4v) is 3.91. The summed E-state index contributed by atoms with van der Waals surface area (Å²) in [5.74, 6) is 1.01. The van der Waals surface area contributed by atoms with Gasteiger partial charge in [-0.3, -0.25) is 0 Å². The Kier molecular flexibility index (Phi) is 9.59. The molecule has 1 heteroatoms. The third kappa shape index (κ3) is 6.61. The van der Waals surface area contributed by atoms with Crippen LogP contribution in [0.2, 0.25) is 0 Å². The topological polar surface area (TPSA) is 26.0 Å². The van der Waals surface area contributed by atoms with Crippen LogP contribution < -0.4 is 5.73 Å². The maximum atomic E-state index is 6.15. The molecule has 1 aliphatic carbocycles. The highest BCUT2D eigenvalue weighted by Crippen LogP contribution is 2.43. The lowest BCUT2D eigenvalue weighted by Crippen LogP contribution is -2.35. The average Bonchev–Trinajstić information content (AvgIpc) is 2.50. The second kappa shape index (κ2) is 10.7. The first-order valence-corrected chi connectivity index (χ1v) is 9.46. The van der Waals surface area contributed by atoms with Crippen molar-refractivity contribution in [2.24, 2.45) is 17.1 Å². The van der Waals surface area contributed by atoms with Crippen LogP contribution >= 0.6 is 0 Å². The Bertz CT molecular complexity index is 216. The van der Waals surface area contributed by atoms with E-state index in [9.17, 15) is 0 Å². The summed E-state index contributed by atoms with van der Waals surface area (Å²) in [6.07, 6.45) is 19.9. The monoisotopic (exact) mass is 281 g/mol. The SMILES string of the molecule is CCCCCCCCC1(CN)CCC(CCCC)CC1. The summed E-state index contributed by atoms with van der Waals surface area (Å²) in [4.78, 5) is 0. The number of hydrogen-bond acceptors (Lipinski definition) is 1. The summed E-state index contributed by atoms with van der Waals surface area (Å²) >= 11 is 0. The van der Waals surface area contributed by atoms with Gasteiger partial charge in [0, 0.05) is 0 Å². The second-order valence-corrected chi connectivity index (χ2v) is 7.31. The average molecular weight is 282 g/mol. The minimum absolute atomic E-state index is 0.521. The molecule has 0 bridgehead atoms. The highest BCUT2D eigenvalue weighted by Gasteiger charge is 2.33. The minimum atomic E-state index is 0.521. The van der Waals surface area contributed by atoms with E-state index in [0.717, 1.165) is 12.5 Å². The number of unbranched alkanes of at least 4 members (excludes halogenated alkanes) is 6. The Morgan fingerprint density at radius 3 is 2.05 bits per heavy atom. The molecular weight excluding hydrogens is 242 g/mol. The van der Waals surface area contributed by atoms with E-state index in [4.69, 9.17) is 5.73 Å². The highest BCUT2D eigenvalue weighted by molar-refractivity contribution is 4.86. The zero-order valence-corrected chi connectivity index (χ0v) is 14.3. The van der Waals surface area contributed by atoms with Crippen LogP contribution in [0.1, 0.15) is 104 Å². The van der Waals surface area contributed by atoms with E-state index in [2.05, 4.69) is 13.8 Å². The molecule has 1 rings (SSSR count). The van der Waals surface area contributed by atoms with Gasteiger partial charge in [0.15, 0.2) is 0 Å². The lowest BCUT2D eigenvalue weighted by molar-refractivity contribution is 0.135. The van der Waals surface area contributed by atoms with Gasteiger partial charge in [0.1, 0.15) is 0 Å². The fraction of sp³-hybridized carbons (Fsp3) is 1.00. The lowest BCUT2D eigenvalue weighted by Gasteiger charge is -2.40. The van der Waals surface area contributed by atoms with Crippen molar-refractivity contribution in [3.8, 4) is 0 Å². The van der Waals surface area contributed by atoms with Gasteiger partial charge in [-0.25, -0.2) is 0 Å². The van der Waals surface area contributed by atoms with Crippen LogP contribution in [0.4, 0.5) is 0 Å². The zero-order chi connectivity index (χ0) is 14.7. The number of nitrogens with two attached hydrogens (primary N) is 1. The van der Waals surface area contributed by atoms with E-state index in [-0.39, 0.29) is 0 Å². The van der Waals surface area contributed by atoms with Crippen molar-refractivity contribution in [3.05, 3.63) is 0 Å². The van der Waals surface area contributed by atoms with Gasteiger partial charge in [0.25, 0.3) is 0 Å². The molecule has 1 aliphatic rings. The van der Waals surface area contributed by atoms with Gasteiger partial charge in [-0.15, -0.1) is 0 Å². The van der Waals surface area contributed by atoms with Crippen LogP contribution in [0.3, 0.4) is 0 Å². The predicted molar refractivity (Wildman–Crippen MR) is 91.0 cm³/mol. The van der Waals surface area contributed by atoms with E-state index >= 15 is 0 Å². The molecule has 0 radical (unpaired) electrons. The minimum Gasteiger partial charge on any atom is -0.330 e. The molecule has 2 N–H and O–H groups in total. The normalized spacial score (nSPS) is 26.9. The number of rotatable bonds is 11. The molecule has 20 heavy (non-hydrogen) atoms. The Balaban J connectivity index is 2.17. The van der Waals surface area contributed by atoms with E-state index in [1.54, 1.807) is 0 Å². The summed E-state index contributed by atoms with van der Waals surface area (Å²) in [5, 5.41) is 0. The Morgan fingerprint density at radius 2 is 1.45 bits per heavy atom. The largest absolute Gasteiger partial charge is 0.330 e. The maximum Gasteiger partial charge on any atom is -0.00205 e. The zero-order valence-electron chi connectivity index (χ0n) is 14.3. The van der Waals surface area contributed by atoms with Crippen LogP contribution in [0.25, 0.3) is 0 Å². The van der Waals surface area contributed by atoms with E-state index in [0.29, 0.717) is 5.41 Å². The summed E-state index contributed by atoms with van der Waals surface area (Å²) in [6.45, 7) is 5.54. The van der Waals surface area contributed by atoms with Gasteiger partial charge in [-0.1, -0.05) is 71.6 Å². The first-order valence-electron chi connectivity index (χ1n) is 9.46.